The average Bonchev–Trinajstić information content (AvgIpc) is 2.96. The molecule has 3 heterocycles. The van der Waals surface area contributed by atoms with Crippen molar-refractivity contribution in [1.82, 2.24) is 19.7 Å². The Kier molecular flexibility index (Phi) is 4.81. The van der Waals surface area contributed by atoms with Crippen LogP contribution >= 0.6 is 0 Å². The Morgan fingerprint density at radius 3 is 2.79 bits per heavy atom. The van der Waals surface area contributed by atoms with Crippen molar-refractivity contribution in [3.63, 3.8) is 0 Å². The molecule has 1 atom stereocenters. The minimum absolute atomic E-state index is 0.0174. The fourth-order valence-electron chi connectivity index (χ4n) is 3.22. The Labute approximate surface area is 143 Å². The highest BCUT2D eigenvalue weighted by Crippen LogP contribution is 2.22. The van der Waals surface area contributed by atoms with Gasteiger partial charge in [0.05, 0.1) is 12.2 Å². The maximum Gasteiger partial charge on any atom is 0.266 e. The molecule has 1 fully saturated rings. The first-order valence-corrected chi connectivity index (χ1v) is 8.65. The normalized spacial score (nSPS) is 18.9. The zero-order chi connectivity index (χ0) is 17.2. The second kappa shape index (κ2) is 6.85. The summed E-state index contributed by atoms with van der Waals surface area (Å²) in [6.45, 7) is 8.96. The van der Waals surface area contributed by atoms with Gasteiger partial charge in [0.25, 0.3) is 5.56 Å². The van der Waals surface area contributed by atoms with Gasteiger partial charge in [0.15, 0.2) is 0 Å². The third-order valence-electron chi connectivity index (χ3n) is 4.63. The van der Waals surface area contributed by atoms with Gasteiger partial charge in [-0.1, -0.05) is 26.8 Å². The van der Waals surface area contributed by atoms with Crippen LogP contribution in [-0.4, -0.2) is 32.3 Å². The van der Waals surface area contributed by atoms with Gasteiger partial charge in [-0.25, -0.2) is 4.68 Å². The van der Waals surface area contributed by atoms with E-state index in [-0.39, 0.29) is 11.0 Å². The summed E-state index contributed by atoms with van der Waals surface area (Å²) >= 11 is 0. The number of hydrogen-bond acceptors (Lipinski definition) is 4. The smallest absolute Gasteiger partial charge is 0.266 e. The van der Waals surface area contributed by atoms with Crippen LogP contribution in [0.3, 0.4) is 0 Å². The fraction of sp³-hybridized carbons (Fsp3) is 0.526. The second-order valence-electron chi connectivity index (χ2n) is 7.62. The van der Waals surface area contributed by atoms with Gasteiger partial charge in [-0.2, -0.15) is 5.10 Å². The molecule has 0 aromatic carbocycles. The third kappa shape index (κ3) is 3.90. The first-order valence-electron chi connectivity index (χ1n) is 8.65. The molecule has 3 rings (SSSR count). The maximum absolute atomic E-state index is 12.2. The molecule has 2 aromatic heterocycles. The molecular weight excluding hydrogens is 300 g/mol. The summed E-state index contributed by atoms with van der Waals surface area (Å²) in [6, 6.07) is 7.92. The monoisotopic (exact) mass is 326 g/mol. The number of pyridine rings is 1. The zero-order valence-corrected chi connectivity index (χ0v) is 14.8. The van der Waals surface area contributed by atoms with Crippen molar-refractivity contribution in [3.8, 4) is 0 Å². The summed E-state index contributed by atoms with van der Waals surface area (Å²) in [4.78, 5) is 18.9. The lowest BCUT2D eigenvalue weighted by Gasteiger charge is -2.25. The number of likely N-dealkylation sites (tertiary alicyclic amines) is 1. The van der Waals surface area contributed by atoms with Crippen LogP contribution in [0.25, 0.3) is 0 Å². The van der Waals surface area contributed by atoms with E-state index in [9.17, 15) is 4.79 Å². The van der Waals surface area contributed by atoms with Crippen molar-refractivity contribution >= 4 is 0 Å². The van der Waals surface area contributed by atoms with Gasteiger partial charge in [-0.15, -0.1) is 0 Å². The summed E-state index contributed by atoms with van der Waals surface area (Å²) in [5.41, 5.74) is 2.10. The van der Waals surface area contributed by atoms with Crippen LogP contribution in [-0.2, 0) is 18.5 Å². The van der Waals surface area contributed by atoms with E-state index >= 15 is 0 Å². The highest BCUT2D eigenvalue weighted by molar-refractivity contribution is 5.11. The van der Waals surface area contributed by atoms with E-state index in [1.165, 1.54) is 12.0 Å². The minimum Gasteiger partial charge on any atom is -0.294 e. The Balaban J connectivity index is 1.76. The number of nitrogens with zero attached hydrogens (tertiary/aromatic N) is 4. The first kappa shape index (κ1) is 16.8. The number of hydrogen-bond donors (Lipinski definition) is 0. The molecule has 2 aromatic rings. The summed E-state index contributed by atoms with van der Waals surface area (Å²) < 4.78 is 1.65. The summed E-state index contributed by atoms with van der Waals surface area (Å²) in [7, 11) is 0. The SMILES string of the molecule is CC(C)(C)c1ccc(=O)n(CC2CCCN2Cc2cccnc2)n1. The van der Waals surface area contributed by atoms with Crippen molar-refractivity contribution in [2.24, 2.45) is 0 Å². The molecule has 1 aliphatic heterocycles. The van der Waals surface area contributed by atoms with E-state index in [0.29, 0.717) is 12.6 Å². The van der Waals surface area contributed by atoms with E-state index in [1.54, 1.807) is 16.9 Å². The van der Waals surface area contributed by atoms with Gasteiger partial charge < -0.3 is 0 Å². The Morgan fingerprint density at radius 1 is 1.25 bits per heavy atom. The molecule has 0 spiro atoms. The van der Waals surface area contributed by atoms with Crippen molar-refractivity contribution in [2.75, 3.05) is 6.54 Å². The molecule has 0 amide bonds. The maximum atomic E-state index is 12.2. The van der Waals surface area contributed by atoms with E-state index < -0.39 is 0 Å². The first-order chi connectivity index (χ1) is 11.4. The van der Waals surface area contributed by atoms with Crippen LogP contribution in [0.1, 0.15) is 44.9 Å². The molecule has 5 nitrogen and oxygen atoms in total. The zero-order valence-electron chi connectivity index (χ0n) is 14.8. The largest absolute Gasteiger partial charge is 0.294 e. The molecular formula is C19H26N4O. The lowest BCUT2D eigenvalue weighted by molar-refractivity contribution is 0.215. The predicted molar refractivity (Wildman–Crippen MR) is 94.9 cm³/mol. The highest BCUT2D eigenvalue weighted by Gasteiger charge is 2.26. The van der Waals surface area contributed by atoms with Crippen molar-refractivity contribution in [1.29, 1.82) is 0 Å². The highest BCUT2D eigenvalue weighted by atomic mass is 16.1. The lowest BCUT2D eigenvalue weighted by Crippen LogP contribution is -2.37. The molecule has 0 aliphatic carbocycles. The molecule has 24 heavy (non-hydrogen) atoms. The Hall–Kier alpha value is -2.01. The number of rotatable bonds is 4. The molecule has 0 bridgehead atoms. The Bertz CT molecular complexity index is 733. The van der Waals surface area contributed by atoms with Crippen LogP contribution in [0.5, 0.6) is 0 Å². The molecule has 128 valence electrons. The molecule has 5 heteroatoms. The van der Waals surface area contributed by atoms with Crippen LogP contribution in [0.15, 0.2) is 41.5 Å². The van der Waals surface area contributed by atoms with Gasteiger partial charge in [-0.05, 0) is 37.1 Å². The third-order valence-corrected chi connectivity index (χ3v) is 4.63. The van der Waals surface area contributed by atoms with E-state index in [1.807, 2.05) is 18.3 Å². The summed E-state index contributed by atoms with van der Waals surface area (Å²) in [5.74, 6) is 0. The minimum atomic E-state index is -0.0550. The summed E-state index contributed by atoms with van der Waals surface area (Å²) in [6.07, 6.45) is 5.99. The van der Waals surface area contributed by atoms with Gasteiger partial charge in [0, 0.05) is 36.5 Å². The lowest BCUT2D eigenvalue weighted by atomic mass is 9.92. The van der Waals surface area contributed by atoms with Gasteiger partial charge in [0.1, 0.15) is 0 Å². The summed E-state index contributed by atoms with van der Waals surface area (Å²) in [5, 5.41) is 4.61. The molecule has 1 unspecified atom stereocenters. The second-order valence-corrected chi connectivity index (χ2v) is 7.62. The van der Waals surface area contributed by atoms with Crippen molar-refractivity contribution < 1.29 is 0 Å². The standard InChI is InChI=1S/C19H26N4O/c1-19(2,3)17-8-9-18(24)23(21-17)14-16-7-5-11-22(16)13-15-6-4-10-20-12-15/h4,6,8-10,12,16H,5,7,11,13-14H2,1-3H3. The molecule has 1 aliphatic rings. The van der Waals surface area contributed by atoms with Gasteiger partial charge in [-0.3, -0.25) is 14.7 Å². The number of aromatic nitrogens is 3. The molecule has 1 saturated heterocycles. The topological polar surface area (TPSA) is 51.0 Å². The van der Waals surface area contributed by atoms with Gasteiger partial charge in [0.2, 0.25) is 0 Å². The van der Waals surface area contributed by atoms with Crippen LogP contribution in [0.4, 0.5) is 0 Å². The van der Waals surface area contributed by atoms with Crippen LogP contribution in [0.2, 0.25) is 0 Å². The molecule has 0 radical (unpaired) electrons. The van der Waals surface area contributed by atoms with Gasteiger partial charge >= 0.3 is 0 Å². The predicted octanol–water partition coefficient (Wildman–Crippen LogP) is 2.60. The fourth-order valence-corrected chi connectivity index (χ4v) is 3.22. The van der Waals surface area contributed by atoms with Crippen LogP contribution < -0.4 is 5.56 Å². The Morgan fingerprint density at radius 2 is 2.08 bits per heavy atom. The van der Waals surface area contributed by atoms with E-state index in [4.69, 9.17) is 0 Å². The molecule has 0 saturated carbocycles. The van der Waals surface area contributed by atoms with Crippen molar-refractivity contribution in [2.45, 2.75) is 58.2 Å². The van der Waals surface area contributed by atoms with E-state index in [2.05, 4.69) is 41.8 Å². The molecule has 0 N–H and O–H groups in total. The average molecular weight is 326 g/mol. The van der Waals surface area contributed by atoms with E-state index in [0.717, 1.165) is 25.2 Å². The van der Waals surface area contributed by atoms with Crippen molar-refractivity contribution in [3.05, 3.63) is 58.3 Å². The quantitative estimate of drug-likeness (QED) is 0.866. The van der Waals surface area contributed by atoms with Crippen LogP contribution in [0, 0.1) is 0 Å².